The van der Waals surface area contributed by atoms with Crippen molar-refractivity contribution in [1.29, 1.82) is 0 Å². The lowest BCUT2D eigenvalue weighted by atomic mass is 10.1. The fourth-order valence-electron chi connectivity index (χ4n) is 2.19. The minimum atomic E-state index is -2.98. The Morgan fingerprint density at radius 3 is 2.74 bits per heavy atom. The second-order valence-corrected chi connectivity index (χ2v) is 7.02. The van der Waals surface area contributed by atoms with Crippen molar-refractivity contribution in [3.8, 4) is 0 Å². The van der Waals surface area contributed by atoms with Crippen molar-refractivity contribution in [2.75, 3.05) is 30.0 Å². The standard InChI is InChI=1S/C13H18N2O3S/c1-19(17,18)8-4-7-15-12-6-3-2-5-11(12)9-14-10-13(15)16/h2-3,5-6,14H,4,7-10H2,1H3. The molecule has 1 aliphatic rings. The number of carbonyl (C=O) groups is 1. The molecule has 2 rings (SSSR count). The monoisotopic (exact) mass is 282 g/mol. The van der Waals surface area contributed by atoms with Crippen molar-refractivity contribution in [3.05, 3.63) is 29.8 Å². The zero-order chi connectivity index (χ0) is 13.9. The van der Waals surface area contributed by atoms with Gasteiger partial charge in [-0.05, 0) is 18.1 Å². The third kappa shape index (κ3) is 3.78. The molecule has 1 aromatic carbocycles. The first kappa shape index (κ1) is 14.0. The molecule has 5 nitrogen and oxygen atoms in total. The normalized spacial score (nSPS) is 16.1. The van der Waals surface area contributed by atoms with Crippen molar-refractivity contribution in [2.45, 2.75) is 13.0 Å². The summed E-state index contributed by atoms with van der Waals surface area (Å²) in [5.74, 6) is 0.0882. The van der Waals surface area contributed by atoms with E-state index in [1.54, 1.807) is 4.90 Å². The predicted molar refractivity (Wildman–Crippen MR) is 74.8 cm³/mol. The number of amides is 1. The van der Waals surface area contributed by atoms with Crippen molar-refractivity contribution in [3.63, 3.8) is 0 Å². The van der Waals surface area contributed by atoms with E-state index in [1.165, 1.54) is 6.26 Å². The summed E-state index contributed by atoms with van der Waals surface area (Å²) in [4.78, 5) is 13.7. The second-order valence-electron chi connectivity index (χ2n) is 4.76. The molecule has 104 valence electrons. The Kier molecular flexibility index (Phi) is 4.21. The SMILES string of the molecule is CS(=O)(=O)CCCN1C(=O)CNCc2ccccc21. The summed E-state index contributed by atoms with van der Waals surface area (Å²) in [6.45, 7) is 1.38. The van der Waals surface area contributed by atoms with Gasteiger partial charge in [-0.25, -0.2) is 8.42 Å². The fourth-order valence-corrected chi connectivity index (χ4v) is 2.84. The van der Waals surface area contributed by atoms with Gasteiger partial charge in [0.25, 0.3) is 0 Å². The van der Waals surface area contributed by atoms with Gasteiger partial charge in [0.2, 0.25) is 5.91 Å². The van der Waals surface area contributed by atoms with Gasteiger partial charge < -0.3 is 10.2 Å². The van der Waals surface area contributed by atoms with Crippen LogP contribution in [-0.4, -0.2) is 39.4 Å². The molecule has 0 spiro atoms. The van der Waals surface area contributed by atoms with Crippen molar-refractivity contribution < 1.29 is 13.2 Å². The largest absolute Gasteiger partial charge is 0.311 e. The van der Waals surface area contributed by atoms with E-state index < -0.39 is 9.84 Å². The maximum atomic E-state index is 12.0. The number of anilines is 1. The van der Waals surface area contributed by atoms with Crippen LogP contribution in [0.1, 0.15) is 12.0 Å². The molecule has 1 aromatic rings. The van der Waals surface area contributed by atoms with Gasteiger partial charge in [0.1, 0.15) is 9.84 Å². The zero-order valence-electron chi connectivity index (χ0n) is 10.9. The number of benzene rings is 1. The molecule has 0 radical (unpaired) electrons. The van der Waals surface area contributed by atoms with E-state index in [0.717, 1.165) is 11.3 Å². The van der Waals surface area contributed by atoms with E-state index in [0.29, 0.717) is 19.5 Å². The third-order valence-corrected chi connectivity index (χ3v) is 4.10. The van der Waals surface area contributed by atoms with Crippen LogP contribution in [0.25, 0.3) is 0 Å². The summed E-state index contributed by atoms with van der Waals surface area (Å²) in [6.07, 6.45) is 1.67. The fraction of sp³-hybridized carbons (Fsp3) is 0.462. The first-order valence-corrected chi connectivity index (χ1v) is 8.30. The Bertz CT molecular complexity index is 569. The quantitative estimate of drug-likeness (QED) is 0.876. The molecular formula is C13H18N2O3S. The molecule has 0 bridgehead atoms. The average molecular weight is 282 g/mol. The van der Waals surface area contributed by atoms with Crippen molar-refractivity contribution >= 4 is 21.4 Å². The van der Waals surface area contributed by atoms with Gasteiger partial charge in [0.15, 0.2) is 0 Å². The molecule has 0 atom stereocenters. The van der Waals surface area contributed by atoms with Crippen LogP contribution in [0.2, 0.25) is 0 Å². The van der Waals surface area contributed by atoms with E-state index >= 15 is 0 Å². The average Bonchev–Trinajstić information content (AvgIpc) is 2.48. The van der Waals surface area contributed by atoms with Crippen LogP contribution < -0.4 is 10.2 Å². The number of sulfone groups is 1. The van der Waals surface area contributed by atoms with Gasteiger partial charge in [0, 0.05) is 25.0 Å². The number of nitrogens with one attached hydrogen (secondary N) is 1. The highest BCUT2D eigenvalue weighted by atomic mass is 32.2. The molecule has 0 aromatic heterocycles. The van der Waals surface area contributed by atoms with Crippen LogP contribution in [0, 0.1) is 0 Å². The van der Waals surface area contributed by atoms with Crippen molar-refractivity contribution in [1.82, 2.24) is 5.32 Å². The molecule has 0 fully saturated rings. The molecule has 19 heavy (non-hydrogen) atoms. The first-order valence-electron chi connectivity index (χ1n) is 6.24. The van der Waals surface area contributed by atoms with Gasteiger partial charge in [-0.15, -0.1) is 0 Å². The molecule has 1 amide bonds. The van der Waals surface area contributed by atoms with Crippen LogP contribution in [0.4, 0.5) is 5.69 Å². The van der Waals surface area contributed by atoms with Gasteiger partial charge in [0.05, 0.1) is 12.3 Å². The topological polar surface area (TPSA) is 66.5 Å². The summed E-state index contributed by atoms with van der Waals surface area (Å²) in [5.41, 5.74) is 1.94. The summed E-state index contributed by atoms with van der Waals surface area (Å²) in [6, 6.07) is 7.71. The number of rotatable bonds is 4. The molecule has 1 aliphatic heterocycles. The Morgan fingerprint density at radius 1 is 1.26 bits per heavy atom. The number of hydrogen-bond donors (Lipinski definition) is 1. The lowest BCUT2D eigenvalue weighted by Crippen LogP contribution is -2.36. The van der Waals surface area contributed by atoms with Crippen molar-refractivity contribution in [2.24, 2.45) is 0 Å². The zero-order valence-corrected chi connectivity index (χ0v) is 11.7. The maximum absolute atomic E-state index is 12.0. The smallest absolute Gasteiger partial charge is 0.240 e. The number of nitrogens with zero attached hydrogens (tertiary/aromatic N) is 1. The Labute approximate surface area is 113 Å². The molecule has 6 heteroatoms. The van der Waals surface area contributed by atoms with Crippen LogP contribution in [-0.2, 0) is 21.2 Å². The van der Waals surface area contributed by atoms with E-state index in [1.807, 2.05) is 24.3 Å². The Morgan fingerprint density at radius 2 is 2.00 bits per heavy atom. The lowest BCUT2D eigenvalue weighted by molar-refractivity contribution is -0.117. The Hall–Kier alpha value is -1.40. The van der Waals surface area contributed by atoms with E-state index in [9.17, 15) is 13.2 Å². The summed E-state index contributed by atoms with van der Waals surface area (Å²) >= 11 is 0. The molecule has 0 saturated carbocycles. The van der Waals surface area contributed by atoms with Crippen LogP contribution in [0.3, 0.4) is 0 Å². The van der Waals surface area contributed by atoms with Crippen LogP contribution >= 0.6 is 0 Å². The summed E-state index contributed by atoms with van der Waals surface area (Å²) in [7, 11) is -2.98. The number of fused-ring (bicyclic) bond motifs is 1. The predicted octanol–water partition coefficient (Wildman–Crippen LogP) is 0.558. The highest BCUT2D eigenvalue weighted by Gasteiger charge is 2.21. The molecule has 1 N–H and O–H groups in total. The minimum Gasteiger partial charge on any atom is -0.311 e. The van der Waals surface area contributed by atoms with Crippen LogP contribution in [0.5, 0.6) is 0 Å². The number of hydrogen-bond acceptors (Lipinski definition) is 4. The molecule has 0 saturated heterocycles. The highest BCUT2D eigenvalue weighted by molar-refractivity contribution is 7.90. The lowest BCUT2D eigenvalue weighted by Gasteiger charge is -2.22. The third-order valence-electron chi connectivity index (χ3n) is 3.07. The van der Waals surface area contributed by atoms with Gasteiger partial charge in [-0.3, -0.25) is 4.79 Å². The molecule has 0 aliphatic carbocycles. The summed E-state index contributed by atoms with van der Waals surface area (Å²) < 4.78 is 22.3. The van der Waals surface area contributed by atoms with Crippen LogP contribution in [0.15, 0.2) is 24.3 Å². The highest BCUT2D eigenvalue weighted by Crippen LogP contribution is 2.22. The van der Waals surface area contributed by atoms with E-state index in [4.69, 9.17) is 0 Å². The second kappa shape index (κ2) is 5.71. The van der Waals surface area contributed by atoms with E-state index in [2.05, 4.69) is 5.32 Å². The minimum absolute atomic E-state index is 0.0153. The molecule has 0 unspecified atom stereocenters. The van der Waals surface area contributed by atoms with Gasteiger partial charge in [-0.1, -0.05) is 18.2 Å². The van der Waals surface area contributed by atoms with E-state index in [-0.39, 0.29) is 18.2 Å². The number of para-hydroxylation sites is 1. The maximum Gasteiger partial charge on any atom is 0.240 e. The number of carbonyl (C=O) groups excluding carboxylic acids is 1. The van der Waals surface area contributed by atoms with Gasteiger partial charge >= 0.3 is 0 Å². The van der Waals surface area contributed by atoms with Gasteiger partial charge in [-0.2, -0.15) is 0 Å². The summed E-state index contributed by atoms with van der Waals surface area (Å²) in [5, 5.41) is 3.08. The first-order chi connectivity index (χ1) is 8.97. The molecular weight excluding hydrogens is 264 g/mol. The Balaban J connectivity index is 2.15. The molecule has 1 heterocycles.